The summed E-state index contributed by atoms with van der Waals surface area (Å²) in [6.07, 6.45) is 3.02. The number of likely N-dealkylation sites (N-methyl/N-ethyl adjacent to an activating group) is 1. The SMILES string of the molecule is Cc1ccc2c(oc3c(-c4cccc5c4CCN(C)C5)c(C#N)ccc32)c1-c1cccc[n+]1C. The zero-order chi connectivity index (χ0) is 23.4. The maximum absolute atomic E-state index is 10.1. The quantitative estimate of drug-likeness (QED) is 0.318. The maximum atomic E-state index is 10.1. The molecule has 4 heteroatoms. The van der Waals surface area contributed by atoms with E-state index in [4.69, 9.17) is 4.42 Å². The third-order valence-corrected chi connectivity index (χ3v) is 7.18. The maximum Gasteiger partial charge on any atom is 0.216 e. The Hall–Kier alpha value is -3.94. The van der Waals surface area contributed by atoms with Crippen LogP contribution in [0.2, 0.25) is 0 Å². The standard InChI is InChI=1S/C30H26N3O/c1-19-10-12-24-25-13-11-20(17-31)28(23-8-6-7-21-18-32(2)16-14-22(21)23)30(25)34-29(24)27(19)26-9-4-5-15-33(26)3/h4-13,15H,14,16,18H2,1-3H3/q+1. The first-order valence-corrected chi connectivity index (χ1v) is 11.7. The largest absolute Gasteiger partial charge is 0.454 e. The highest BCUT2D eigenvalue weighted by Crippen LogP contribution is 2.43. The molecule has 3 heterocycles. The number of nitrogens with zero attached hydrogens (tertiary/aromatic N) is 3. The molecule has 1 aliphatic heterocycles. The van der Waals surface area contributed by atoms with E-state index in [1.165, 1.54) is 11.1 Å². The molecule has 5 aromatic rings. The molecule has 0 radical (unpaired) electrons. The van der Waals surface area contributed by atoms with Gasteiger partial charge in [-0.3, -0.25) is 0 Å². The second-order valence-electron chi connectivity index (χ2n) is 9.34. The van der Waals surface area contributed by atoms with E-state index in [2.05, 4.69) is 85.2 Å². The Balaban J connectivity index is 1.71. The van der Waals surface area contributed by atoms with Crippen LogP contribution in [0.5, 0.6) is 0 Å². The molecule has 0 unspecified atom stereocenters. The molecule has 0 amide bonds. The van der Waals surface area contributed by atoms with Crippen molar-refractivity contribution in [1.82, 2.24) is 4.90 Å². The molecule has 0 atom stereocenters. The Labute approximate surface area is 199 Å². The number of pyridine rings is 1. The summed E-state index contributed by atoms with van der Waals surface area (Å²) in [4.78, 5) is 2.34. The lowest BCUT2D eigenvalue weighted by molar-refractivity contribution is -0.660. The van der Waals surface area contributed by atoms with Crippen LogP contribution >= 0.6 is 0 Å². The summed E-state index contributed by atoms with van der Waals surface area (Å²) in [7, 11) is 4.21. The average molecular weight is 445 g/mol. The molecule has 0 aliphatic carbocycles. The van der Waals surface area contributed by atoms with E-state index in [0.29, 0.717) is 5.56 Å². The van der Waals surface area contributed by atoms with Crippen LogP contribution in [0.1, 0.15) is 22.3 Å². The zero-order valence-corrected chi connectivity index (χ0v) is 19.7. The predicted molar refractivity (Wildman–Crippen MR) is 135 cm³/mol. The van der Waals surface area contributed by atoms with Gasteiger partial charge in [-0.25, -0.2) is 4.57 Å². The number of furan rings is 1. The Morgan fingerprint density at radius 1 is 0.941 bits per heavy atom. The van der Waals surface area contributed by atoms with Gasteiger partial charge in [-0.05, 0) is 60.8 Å². The molecule has 0 fully saturated rings. The Bertz CT molecular complexity index is 1640. The summed E-state index contributed by atoms with van der Waals surface area (Å²) >= 11 is 0. The van der Waals surface area contributed by atoms with Crippen LogP contribution in [0.25, 0.3) is 44.3 Å². The van der Waals surface area contributed by atoms with Crippen molar-refractivity contribution in [3.8, 4) is 28.5 Å². The number of aryl methyl sites for hydroxylation is 2. The minimum absolute atomic E-state index is 0.655. The van der Waals surface area contributed by atoms with Gasteiger partial charge < -0.3 is 9.32 Å². The van der Waals surface area contributed by atoms with Crippen LogP contribution in [0.15, 0.2) is 71.3 Å². The second kappa shape index (κ2) is 7.83. The molecule has 6 rings (SSSR count). The fourth-order valence-corrected chi connectivity index (χ4v) is 5.45. The van der Waals surface area contributed by atoms with E-state index in [1.807, 2.05) is 18.2 Å². The van der Waals surface area contributed by atoms with Crippen LogP contribution in [0, 0.1) is 18.3 Å². The highest BCUT2D eigenvalue weighted by Gasteiger charge is 2.25. The van der Waals surface area contributed by atoms with Crippen LogP contribution in [0.3, 0.4) is 0 Å². The Morgan fingerprint density at radius 3 is 2.53 bits per heavy atom. The van der Waals surface area contributed by atoms with Crippen LogP contribution < -0.4 is 4.57 Å². The van der Waals surface area contributed by atoms with Crippen LogP contribution in [-0.2, 0) is 20.0 Å². The van der Waals surface area contributed by atoms with Crippen molar-refractivity contribution >= 4 is 21.9 Å². The molecule has 0 saturated heterocycles. The molecular weight excluding hydrogens is 418 g/mol. The summed E-state index contributed by atoms with van der Waals surface area (Å²) < 4.78 is 8.86. The molecule has 0 spiro atoms. The molecule has 0 saturated carbocycles. The van der Waals surface area contributed by atoms with Gasteiger partial charge in [0, 0.05) is 41.6 Å². The van der Waals surface area contributed by atoms with E-state index in [1.54, 1.807) is 0 Å². The highest BCUT2D eigenvalue weighted by atomic mass is 16.3. The monoisotopic (exact) mass is 444 g/mol. The van der Waals surface area contributed by atoms with Crippen molar-refractivity contribution in [3.05, 3.63) is 89.1 Å². The van der Waals surface area contributed by atoms with E-state index in [0.717, 1.165) is 69.4 Å². The number of rotatable bonds is 2. The normalized spacial score (nSPS) is 13.8. The van der Waals surface area contributed by atoms with Gasteiger partial charge in [0.2, 0.25) is 5.69 Å². The van der Waals surface area contributed by atoms with Crippen molar-refractivity contribution in [2.75, 3.05) is 13.6 Å². The van der Waals surface area contributed by atoms with Crippen molar-refractivity contribution < 1.29 is 8.98 Å². The summed E-state index contributed by atoms with van der Waals surface area (Å²) in [6, 6.07) is 23.4. The fraction of sp³-hybridized carbons (Fsp3) is 0.200. The Morgan fingerprint density at radius 2 is 1.74 bits per heavy atom. The summed E-state index contributed by atoms with van der Waals surface area (Å²) in [6.45, 7) is 4.06. The zero-order valence-electron chi connectivity index (χ0n) is 19.7. The summed E-state index contributed by atoms with van der Waals surface area (Å²) in [5.41, 5.74) is 10.4. The minimum Gasteiger partial charge on any atom is -0.454 e. The third kappa shape index (κ3) is 3.05. The van der Waals surface area contributed by atoms with Crippen molar-refractivity contribution in [2.45, 2.75) is 19.9 Å². The molecule has 3 aromatic carbocycles. The van der Waals surface area contributed by atoms with E-state index in [9.17, 15) is 5.26 Å². The molecule has 166 valence electrons. The first kappa shape index (κ1) is 20.7. The number of fused-ring (bicyclic) bond motifs is 4. The third-order valence-electron chi connectivity index (χ3n) is 7.18. The average Bonchev–Trinajstić information content (AvgIpc) is 3.22. The van der Waals surface area contributed by atoms with Gasteiger partial charge in [-0.15, -0.1) is 0 Å². The van der Waals surface area contributed by atoms with E-state index < -0.39 is 0 Å². The van der Waals surface area contributed by atoms with E-state index in [-0.39, 0.29) is 0 Å². The van der Waals surface area contributed by atoms with Gasteiger partial charge in [0.15, 0.2) is 6.20 Å². The number of benzene rings is 3. The number of nitriles is 1. The Kier molecular flexibility index (Phi) is 4.76. The molecular formula is C30H26N3O+. The van der Waals surface area contributed by atoms with Crippen molar-refractivity contribution in [1.29, 1.82) is 5.26 Å². The fourth-order valence-electron chi connectivity index (χ4n) is 5.45. The minimum atomic E-state index is 0.655. The number of aromatic nitrogens is 1. The van der Waals surface area contributed by atoms with Crippen LogP contribution in [-0.4, -0.2) is 18.5 Å². The predicted octanol–water partition coefficient (Wildman–Crippen LogP) is 5.91. The molecule has 2 aromatic heterocycles. The van der Waals surface area contributed by atoms with Gasteiger partial charge in [0.05, 0.1) is 17.2 Å². The first-order chi connectivity index (χ1) is 16.6. The topological polar surface area (TPSA) is 44.1 Å². The smallest absolute Gasteiger partial charge is 0.216 e. The lowest BCUT2D eigenvalue weighted by Gasteiger charge is -2.27. The van der Waals surface area contributed by atoms with Crippen LogP contribution in [0.4, 0.5) is 0 Å². The summed E-state index contributed by atoms with van der Waals surface area (Å²) in [5.74, 6) is 0. The molecule has 34 heavy (non-hydrogen) atoms. The first-order valence-electron chi connectivity index (χ1n) is 11.7. The van der Waals surface area contributed by atoms with Crippen molar-refractivity contribution in [2.24, 2.45) is 7.05 Å². The lowest BCUT2D eigenvalue weighted by Crippen LogP contribution is -2.30. The number of hydrogen-bond donors (Lipinski definition) is 0. The highest BCUT2D eigenvalue weighted by molar-refractivity contribution is 6.14. The van der Waals surface area contributed by atoms with E-state index >= 15 is 0 Å². The van der Waals surface area contributed by atoms with Gasteiger partial charge in [0.1, 0.15) is 18.2 Å². The molecule has 4 nitrogen and oxygen atoms in total. The van der Waals surface area contributed by atoms with Gasteiger partial charge in [-0.1, -0.05) is 30.3 Å². The molecule has 1 aliphatic rings. The molecule has 0 bridgehead atoms. The van der Waals surface area contributed by atoms with Gasteiger partial charge in [-0.2, -0.15) is 5.26 Å². The van der Waals surface area contributed by atoms with Gasteiger partial charge >= 0.3 is 0 Å². The second-order valence-corrected chi connectivity index (χ2v) is 9.34. The molecule has 0 N–H and O–H groups in total. The summed E-state index contributed by atoms with van der Waals surface area (Å²) in [5, 5.41) is 12.2. The number of hydrogen-bond acceptors (Lipinski definition) is 3. The lowest BCUT2D eigenvalue weighted by atomic mass is 9.88. The van der Waals surface area contributed by atoms with Crippen molar-refractivity contribution in [3.63, 3.8) is 0 Å². The van der Waals surface area contributed by atoms with Gasteiger partial charge in [0.25, 0.3) is 0 Å².